The molecule has 11 N–H and O–H groups in total. The molecule has 0 spiro atoms. The van der Waals surface area contributed by atoms with Crippen LogP contribution in [-0.2, 0) is 9.47 Å². The summed E-state index contributed by atoms with van der Waals surface area (Å²) in [7, 11) is 0. The highest BCUT2D eigenvalue weighted by Gasteiger charge is 2.46. The Morgan fingerprint density at radius 3 is 1.75 bits per heavy atom. The second kappa shape index (κ2) is 12.3. The van der Waals surface area contributed by atoms with E-state index in [1.165, 1.54) is 0 Å². The maximum absolute atomic E-state index is 13.1. The van der Waals surface area contributed by atoms with Crippen LogP contribution in [0.4, 0.5) is 0 Å². The molecule has 44 heavy (non-hydrogen) atoms. The number of aliphatic hydroxyl groups excluding tert-OH is 8. The van der Waals surface area contributed by atoms with Crippen LogP contribution in [-0.4, -0.2) is 131 Å². The molecular weight excluding hydrogens is 596 g/mol. The first-order chi connectivity index (χ1) is 20.8. The van der Waals surface area contributed by atoms with Gasteiger partial charge in [-0.2, -0.15) is 0 Å². The van der Waals surface area contributed by atoms with Crippen molar-refractivity contribution in [1.29, 1.82) is 0 Å². The van der Waals surface area contributed by atoms with E-state index in [9.17, 15) is 61.0 Å². The van der Waals surface area contributed by atoms with Crippen molar-refractivity contribution in [3.8, 4) is 40.1 Å². The van der Waals surface area contributed by atoms with Crippen molar-refractivity contribution in [3.05, 3.63) is 40.6 Å². The molecule has 0 amide bonds. The van der Waals surface area contributed by atoms with Gasteiger partial charge in [0.25, 0.3) is 0 Å². The van der Waals surface area contributed by atoms with Gasteiger partial charge < -0.3 is 79.5 Å². The van der Waals surface area contributed by atoms with E-state index < -0.39 is 97.3 Å². The van der Waals surface area contributed by atoms with Crippen LogP contribution in [0.15, 0.2) is 39.5 Å². The van der Waals surface area contributed by atoms with Crippen molar-refractivity contribution < 1.29 is 79.5 Å². The monoisotopic (exact) mass is 626 g/mol. The lowest BCUT2D eigenvalue weighted by Crippen LogP contribution is -2.60. The van der Waals surface area contributed by atoms with Crippen LogP contribution in [0, 0.1) is 0 Å². The first-order valence-electron chi connectivity index (χ1n) is 13.2. The van der Waals surface area contributed by atoms with Gasteiger partial charge >= 0.3 is 0 Å². The average Bonchev–Trinajstić information content (AvgIpc) is 2.98. The summed E-state index contributed by atoms with van der Waals surface area (Å²) in [5, 5.41) is 110. The topological polar surface area (TPSA) is 290 Å². The quantitative estimate of drug-likeness (QED) is 0.116. The molecule has 2 aliphatic heterocycles. The number of phenolic OH excluding ortho intramolecular Hbond substituents is 3. The van der Waals surface area contributed by atoms with Gasteiger partial charge in [-0.3, -0.25) is 4.79 Å². The second-order valence-electron chi connectivity index (χ2n) is 10.3. The number of aromatic hydroxyl groups is 3. The molecule has 0 radical (unpaired) electrons. The summed E-state index contributed by atoms with van der Waals surface area (Å²) in [4.78, 5) is 13.1. The van der Waals surface area contributed by atoms with Crippen LogP contribution in [0.1, 0.15) is 0 Å². The van der Waals surface area contributed by atoms with E-state index in [1.54, 1.807) is 0 Å². The van der Waals surface area contributed by atoms with Crippen LogP contribution in [0.3, 0.4) is 0 Å². The van der Waals surface area contributed by atoms with E-state index in [4.69, 9.17) is 23.4 Å². The molecule has 0 unspecified atom stereocenters. The fraction of sp³-hybridized carbons (Fsp3) is 0.444. The Labute approximate surface area is 246 Å². The van der Waals surface area contributed by atoms with Gasteiger partial charge in [0.2, 0.25) is 12.6 Å². The number of aliphatic hydroxyl groups is 8. The van der Waals surface area contributed by atoms with Crippen molar-refractivity contribution in [3.63, 3.8) is 0 Å². The molecule has 0 saturated carbocycles. The smallest absolute Gasteiger partial charge is 0.229 e. The van der Waals surface area contributed by atoms with Gasteiger partial charge in [-0.15, -0.1) is 0 Å². The summed E-state index contributed by atoms with van der Waals surface area (Å²) in [6, 6.07) is 4.83. The van der Waals surface area contributed by atoms with E-state index in [1.807, 2.05) is 0 Å². The standard InChI is InChI=1S/C27H30O17/c28-6-17-20(34)22(36)24(38)26(43-17)40-8-1-12(32)19-13(33)5-14(41-16(19)2-8)9-3-10(30)11(31)4-15(9)42-27-25(39)23(37)21(35)18(7-29)44-27/h1-5,17-18,20-32,34-39H,6-7H2/t17-,18+,20-,21+,22+,23-,24-,25+,26-,27+/m1/s1. The molecule has 17 heteroatoms. The molecule has 17 nitrogen and oxygen atoms in total. The number of hydrogen-bond donors (Lipinski definition) is 11. The third kappa shape index (κ3) is 5.73. The van der Waals surface area contributed by atoms with Crippen molar-refractivity contribution >= 4 is 11.0 Å². The van der Waals surface area contributed by atoms with Crippen LogP contribution >= 0.6 is 0 Å². The molecule has 5 rings (SSSR count). The normalized spacial score (nSPS) is 32.5. The van der Waals surface area contributed by atoms with E-state index in [2.05, 4.69) is 0 Å². The Balaban J connectivity index is 1.53. The molecule has 2 aliphatic rings. The second-order valence-corrected chi connectivity index (χ2v) is 10.3. The molecule has 10 atom stereocenters. The summed E-state index contributed by atoms with van der Waals surface area (Å²) in [6.07, 6.45) is -16.5. The lowest BCUT2D eigenvalue weighted by Gasteiger charge is -2.39. The molecule has 3 aromatic rings. The van der Waals surface area contributed by atoms with E-state index in [-0.39, 0.29) is 33.8 Å². The number of phenols is 3. The van der Waals surface area contributed by atoms with E-state index in [0.29, 0.717) is 0 Å². The maximum atomic E-state index is 13.1. The van der Waals surface area contributed by atoms with Crippen molar-refractivity contribution in [1.82, 2.24) is 0 Å². The minimum Gasteiger partial charge on any atom is -0.507 e. The van der Waals surface area contributed by atoms with Gasteiger partial charge in [0.1, 0.15) is 82.8 Å². The zero-order valence-corrected chi connectivity index (χ0v) is 22.4. The summed E-state index contributed by atoms with van der Waals surface area (Å²) < 4.78 is 27.6. The molecular formula is C27H30O17. The van der Waals surface area contributed by atoms with Crippen LogP contribution in [0.2, 0.25) is 0 Å². The first-order valence-corrected chi connectivity index (χ1v) is 13.2. The fourth-order valence-corrected chi connectivity index (χ4v) is 4.88. The summed E-state index contributed by atoms with van der Waals surface area (Å²) in [5.74, 6) is -2.94. The molecule has 2 saturated heterocycles. The van der Waals surface area contributed by atoms with Crippen LogP contribution in [0.25, 0.3) is 22.3 Å². The Bertz CT molecular complexity index is 1550. The molecule has 3 heterocycles. The van der Waals surface area contributed by atoms with Gasteiger partial charge in [-0.05, 0) is 6.07 Å². The van der Waals surface area contributed by atoms with Crippen molar-refractivity contribution in [2.75, 3.05) is 13.2 Å². The summed E-state index contributed by atoms with van der Waals surface area (Å²) >= 11 is 0. The lowest BCUT2D eigenvalue weighted by atomic mass is 9.99. The predicted octanol–water partition coefficient (Wildman–Crippen LogP) is -3.07. The number of rotatable bonds is 7. The summed E-state index contributed by atoms with van der Waals surface area (Å²) in [6.45, 7) is -1.48. The van der Waals surface area contributed by atoms with Gasteiger partial charge in [-0.1, -0.05) is 0 Å². The van der Waals surface area contributed by atoms with Gasteiger partial charge in [-0.25, -0.2) is 0 Å². The number of benzene rings is 2. The minimum atomic E-state index is -1.85. The fourth-order valence-electron chi connectivity index (χ4n) is 4.88. The third-order valence-corrected chi connectivity index (χ3v) is 7.32. The first kappa shape index (κ1) is 31.7. The molecule has 0 bridgehead atoms. The van der Waals surface area contributed by atoms with Crippen LogP contribution in [0.5, 0.6) is 28.7 Å². The van der Waals surface area contributed by atoms with E-state index in [0.717, 1.165) is 30.3 Å². The zero-order valence-electron chi connectivity index (χ0n) is 22.4. The number of ether oxygens (including phenoxy) is 4. The highest BCUT2D eigenvalue weighted by Crippen LogP contribution is 2.42. The lowest BCUT2D eigenvalue weighted by molar-refractivity contribution is -0.277. The molecule has 2 aromatic carbocycles. The summed E-state index contributed by atoms with van der Waals surface area (Å²) in [5.41, 5.74) is -1.31. The highest BCUT2D eigenvalue weighted by atomic mass is 16.7. The Kier molecular flexibility index (Phi) is 8.87. The largest absolute Gasteiger partial charge is 0.507 e. The Morgan fingerprint density at radius 1 is 0.636 bits per heavy atom. The van der Waals surface area contributed by atoms with Crippen molar-refractivity contribution in [2.45, 2.75) is 61.4 Å². The highest BCUT2D eigenvalue weighted by molar-refractivity contribution is 5.86. The van der Waals surface area contributed by atoms with Gasteiger partial charge in [0.05, 0.1) is 18.8 Å². The SMILES string of the molecule is O=c1cc(-c2cc(O)c(O)cc2O[C@H]2O[C@@H](CO)[C@H](O)[C@@H](O)[C@@H]2O)oc2cc(O[C@@H]3O[C@H](CO)[C@@H](O)[C@H](O)[C@H]3O)cc(O)c12. The predicted molar refractivity (Wildman–Crippen MR) is 142 cm³/mol. The molecule has 2 fully saturated rings. The molecule has 240 valence electrons. The minimum absolute atomic E-state index is 0.198. The van der Waals surface area contributed by atoms with Crippen molar-refractivity contribution in [2.24, 2.45) is 0 Å². The zero-order chi connectivity index (χ0) is 32.0. The third-order valence-electron chi connectivity index (χ3n) is 7.32. The Morgan fingerprint density at radius 2 is 1.18 bits per heavy atom. The van der Waals surface area contributed by atoms with E-state index >= 15 is 0 Å². The van der Waals surface area contributed by atoms with Gasteiger partial charge in [0, 0.05) is 24.3 Å². The van der Waals surface area contributed by atoms with Gasteiger partial charge in [0.15, 0.2) is 16.9 Å². The average molecular weight is 627 g/mol. The number of fused-ring (bicyclic) bond motifs is 1. The molecule has 0 aliphatic carbocycles. The van der Waals surface area contributed by atoms with Crippen LogP contribution < -0.4 is 14.9 Å². The maximum Gasteiger partial charge on any atom is 0.229 e. The number of hydrogen-bond acceptors (Lipinski definition) is 17. The molecule has 1 aromatic heterocycles. The Hall–Kier alpha value is -3.75.